The summed E-state index contributed by atoms with van der Waals surface area (Å²) in [4.78, 5) is 102. The summed E-state index contributed by atoms with van der Waals surface area (Å²) < 4.78 is 14.9. The summed E-state index contributed by atoms with van der Waals surface area (Å²) in [5.41, 5.74) is 9.68. The van der Waals surface area contributed by atoms with Crippen LogP contribution in [-0.4, -0.2) is 109 Å². The summed E-state index contributed by atoms with van der Waals surface area (Å²) in [5.74, 6) is 1.92. The topological polar surface area (TPSA) is 151 Å². The molecule has 534 valence electrons. The molecule has 0 amide bonds. The molecule has 0 unspecified atom stereocenters. The normalized spacial score (nSPS) is 14.7. The van der Waals surface area contributed by atoms with Gasteiger partial charge in [-0.2, -0.15) is 0 Å². The van der Waals surface area contributed by atoms with Gasteiger partial charge in [-0.25, -0.2) is 4.98 Å². The summed E-state index contributed by atoms with van der Waals surface area (Å²) in [6.07, 6.45) is 11.0. The minimum absolute atomic E-state index is 0.0536. The van der Waals surface area contributed by atoms with Crippen molar-refractivity contribution in [3.05, 3.63) is 337 Å². The van der Waals surface area contributed by atoms with Crippen LogP contribution in [0.15, 0.2) is 278 Å². The van der Waals surface area contributed by atoms with E-state index in [0.29, 0.717) is 39.0 Å². The average Bonchev–Trinajstić information content (AvgIpc) is 1.03. The van der Waals surface area contributed by atoms with Crippen molar-refractivity contribution in [1.82, 2.24) is 15.0 Å². The number of aromatic nitrogens is 3. The van der Waals surface area contributed by atoms with Gasteiger partial charge in [0.1, 0.15) is 10.8 Å². The number of thiophene rings is 4. The molecule has 0 fully saturated rings. The van der Waals surface area contributed by atoms with Crippen molar-refractivity contribution in [1.29, 1.82) is 0 Å². The van der Waals surface area contributed by atoms with Gasteiger partial charge in [0.2, 0.25) is 0 Å². The first-order valence-electron chi connectivity index (χ1n) is 35.8. The van der Waals surface area contributed by atoms with E-state index in [9.17, 15) is 28.8 Å². The van der Waals surface area contributed by atoms with E-state index >= 15 is 0 Å². The van der Waals surface area contributed by atoms with Crippen LogP contribution in [0.5, 0.6) is 0 Å². The molecular weight excluding hydrogens is 1730 g/mol. The van der Waals surface area contributed by atoms with Gasteiger partial charge in [0.15, 0.2) is 11.6 Å². The van der Waals surface area contributed by atoms with Gasteiger partial charge in [0, 0.05) is 42.6 Å². The van der Waals surface area contributed by atoms with E-state index < -0.39 is 0 Å². The monoisotopic (exact) mass is 1780 g/mol. The number of carbonyl (C=O) groups excluding carboxylic acids is 6. The molecule has 20 heteroatoms. The maximum atomic E-state index is 13.3. The second-order valence-corrected chi connectivity index (χ2v) is 41.4. The Hall–Kier alpha value is -11.0. The molecule has 12 heterocycles. The van der Waals surface area contributed by atoms with Crippen LogP contribution in [0.3, 0.4) is 0 Å². The molecular formula is C92H52N6O6S4Se4. The number of para-hydroxylation sites is 3. The molecule has 17 aromatic rings. The van der Waals surface area contributed by atoms with E-state index in [1.54, 1.807) is 81.8 Å². The minimum Gasteiger partial charge on any atom is -0.0615 e. The molecule has 0 bridgehead atoms. The Morgan fingerprint density at radius 2 is 0.714 bits per heavy atom. The van der Waals surface area contributed by atoms with E-state index in [2.05, 4.69) is 156 Å². The van der Waals surface area contributed by atoms with Gasteiger partial charge in [0.25, 0.3) is 0 Å². The molecule has 3 aliphatic carbocycles. The van der Waals surface area contributed by atoms with Crippen LogP contribution in [0.2, 0.25) is 0 Å². The van der Waals surface area contributed by atoms with E-state index in [0.717, 1.165) is 87.7 Å². The van der Waals surface area contributed by atoms with Crippen LogP contribution in [0, 0.1) is 0 Å². The van der Waals surface area contributed by atoms with Gasteiger partial charge in [-0.1, -0.05) is 86.6 Å². The summed E-state index contributed by atoms with van der Waals surface area (Å²) in [5, 5.41) is 6.10. The van der Waals surface area contributed by atoms with Gasteiger partial charge in [-0.15, -0.1) is 22.7 Å². The van der Waals surface area contributed by atoms with Crippen molar-refractivity contribution >= 4 is 273 Å². The standard InChI is InChI=1S/C34H22N2O2S2.C31H16N2O2Se3.C27H14N2O2S2Se/c1-34(2)25-10-5-6-12-27(25)36(33-26(34)11-7-13-35-33)30-18-29-28(40-30)17-21(39-29)16-24-31(37)22-14-19-8-3-4-9-20(19)15-23(22)32(24)38;34-29-20-12-17-6-1-2-7-18(17)13-21(20)30(35)22(29)14-19-15-26-27(36-19)16-28(38-26)33-23-8-3-4-9-24(23)37-25-10-5-11-32-31(25)33;30-25-16-6-1-2-7-17(16)26(31)18(25)12-15-13-20-21(32-15)14-24(33-20)29-19-8-3-4-9-22(19)34-23-10-5-11-28-27(23)29/h3-18H,1-2H3;1-16H;1-14H. The molecule has 8 aromatic carbocycles. The molecule has 6 aliphatic rings. The number of ketones is 6. The number of allylic oxidation sites excluding steroid dienone is 3. The summed E-state index contributed by atoms with van der Waals surface area (Å²) in [6.45, 7) is 4.51. The van der Waals surface area contributed by atoms with Crippen molar-refractivity contribution in [2.45, 2.75) is 19.3 Å². The Kier molecular flexibility index (Phi) is 16.7. The smallest absolute Gasteiger partial charge is 0.0615 e. The predicted molar refractivity (Wildman–Crippen MR) is 461 cm³/mol. The van der Waals surface area contributed by atoms with Crippen molar-refractivity contribution in [3.63, 3.8) is 0 Å². The Morgan fingerprint density at radius 1 is 0.330 bits per heavy atom. The Labute approximate surface area is 680 Å². The van der Waals surface area contributed by atoms with E-state index in [-0.39, 0.29) is 110 Å². The molecule has 12 nitrogen and oxygen atoms in total. The number of benzene rings is 8. The fourth-order valence-corrected chi connectivity index (χ4v) is 30.4. The van der Waals surface area contributed by atoms with Crippen LogP contribution < -0.4 is 32.5 Å². The third-order valence-corrected chi connectivity index (χ3v) is 35.0. The fraction of sp³-hybridized carbons (Fsp3) is 0.0326. The fourth-order valence-electron chi connectivity index (χ4n) is 15.5. The number of fused-ring (bicyclic) bond motifs is 14. The molecule has 0 atom stereocenters. The Balaban J connectivity index is 0.000000106. The zero-order chi connectivity index (χ0) is 75.4. The summed E-state index contributed by atoms with van der Waals surface area (Å²) >= 11 is 7.24. The van der Waals surface area contributed by atoms with Gasteiger partial charge in [-0.3, -0.25) is 14.5 Å². The first-order valence-corrected chi connectivity index (χ1v) is 45.9. The second-order valence-electron chi connectivity index (χ2n) is 27.9. The van der Waals surface area contributed by atoms with Crippen LogP contribution in [0.1, 0.15) is 101 Å². The summed E-state index contributed by atoms with van der Waals surface area (Å²) in [7, 11) is 0. The SMILES string of the molecule is CC1(C)c2ccccc2N(c2cc3sc(C=C4C(=O)c5cc6ccccc6cc5C4=O)cc3s2)c2ncccc21.O=C1C(=Cc2cc3[se]c(N4c5ccccc5[Se]c5cccnc54)cc3[se]2)C(=O)c2cc3ccccc3cc21.O=C1C(=Cc2cc3sc(N4c5ccccc5[Se]c5cccnc54)cc3s2)C(=O)c2ccccc21. The maximum absolute atomic E-state index is 13.3. The number of Topliss-reactive ketones (excluding diaryl/α,β-unsaturated/α-hetero) is 6. The molecule has 0 spiro atoms. The predicted octanol–water partition coefficient (Wildman–Crippen LogP) is 18.7. The first kappa shape index (κ1) is 69.0. The quantitative estimate of drug-likeness (QED) is 0.0885. The number of anilines is 9. The third-order valence-electron chi connectivity index (χ3n) is 20.9. The molecule has 3 aliphatic heterocycles. The van der Waals surface area contributed by atoms with E-state index in [1.807, 2.05) is 116 Å². The zero-order valence-corrected chi connectivity index (χ0v) is 69.1. The average molecular weight is 1780 g/mol. The van der Waals surface area contributed by atoms with E-state index in [1.165, 1.54) is 53.4 Å². The number of rotatable bonds is 6. The molecule has 112 heavy (non-hydrogen) atoms. The Morgan fingerprint density at radius 3 is 1.22 bits per heavy atom. The number of carbonyl (C=O) groups is 6. The van der Waals surface area contributed by atoms with Crippen LogP contribution >= 0.6 is 45.3 Å². The molecule has 0 radical (unpaired) electrons. The first-order chi connectivity index (χ1) is 54.7. The van der Waals surface area contributed by atoms with Gasteiger partial charge < -0.3 is 0 Å². The second kappa shape index (κ2) is 27.1. The third kappa shape index (κ3) is 11.5. The van der Waals surface area contributed by atoms with Crippen molar-refractivity contribution in [3.8, 4) is 0 Å². The zero-order valence-electron chi connectivity index (χ0n) is 59.0. The molecule has 0 saturated heterocycles. The van der Waals surface area contributed by atoms with Gasteiger partial charge in [0.05, 0.1) is 11.3 Å². The molecule has 9 aromatic heterocycles. The molecule has 23 rings (SSSR count). The Bertz CT molecular complexity index is 6760. The van der Waals surface area contributed by atoms with Crippen molar-refractivity contribution in [2.24, 2.45) is 0 Å². The van der Waals surface area contributed by atoms with Crippen molar-refractivity contribution in [2.75, 3.05) is 14.7 Å². The summed E-state index contributed by atoms with van der Waals surface area (Å²) in [6, 6.07) is 81.5. The van der Waals surface area contributed by atoms with Crippen molar-refractivity contribution < 1.29 is 28.8 Å². The molecule has 0 saturated carbocycles. The number of hydrogen-bond acceptors (Lipinski definition) is 16. The van der Waals surface area contributed by atoms with Gasteiger partial charge >= 0.3 is 424 Å². The number of hydrogen-bond donors (Lipinski definition) is 0. The van der Waals surface area contributed by atoms with E-state index in [4.69, 9.17) is 15.0 Å². The number of pyridine rings is 3. The minimum atomic E-state index is -0.196. The number of nitrogens with zero attached hydrogens (tertiary/aromatic N) is 6. The molecule has 0 N–H and O–H groups in total. The van der Waals surface area contributed by atoms with Crippen LogP contribution in [-0.2, 0) is 5.41 Å². The van der Waals surface area contributed by atoms with Crippen LogP contribution in [0.25, 0.3) is 67.1 Å². The van der Waals surface area contributed by atoms with Crippen LogP contribution in [0.4, 0.5) is 49.1 Å². The van der Waals surface area contributed by atoms with Gasteiger partial charge in [-0.05, 0) is 58.8 Å².